The van der Waals surface area contributed by atoms with Crippen molar-refractivity contribution in [3.8, 4) is 0 Å². The molecule has 0 spiro atoms. The summed E-state index contributed by atoms with van der Waals surface area (Å²) in [6, 6.07) is 0.512. The summed E-state index contributed by atoms with van der Waals surface area (Å²) in [4.78, 5) is 21.0. The van der Waals surface area contributed by atoms with E-state index in [2.05, 4.69) is 41.5 Å². The predicted octanol–water partition coefficient (Wildman–Crippen LogP) is 2.29. The van der Waals surface area contributed by atoms with Gasteiger partial charge in [0.1, 0.15) is 6.54 Å². The van der Waals surface area contributed by atoms with Crippen LogP contribution in [0.25, 0.3) is 0 Å². The summed E-state index contributed by atoms with van der Waals surface area (Å²) in [6.45, 7) is 5.77. The minimum Gasteiger partial charge on any atom is -0.357 e. The van der Waals surface area contributed by atoms with Crippen LogP contribution in [0.2, 0.25) is 0 Å². The van der Waals surface area contributed by atoms with Gasteiger partial charge in [-0.2, -0.15) is 0 Å². The van der Waals surface area contributed by atoms with Crippen molar-refractivity contribution in [1.82, 2.24) is 20.4 Å². The minimum atomic E-state index is 0. The second-order valence-electron chi connectivity index (χ2n) is 7.59. The number of hydrogen-bond acceptors (Lipinski definition) is 3. The quantitative estimate of drug-likeness (QED) is 0.334. The molecule has 2 N–H and O–H groups in total. The average molecular weight is 479 g/mol. The van der Waals surface area contributed by atoms with Crippen molar-refractivity contribution in [3.63, 3.8) is 0 Å². The number of carbonyl (C=O) groups is 1. The van der Waals surface area contributed by atoms with Crippen LogP contribution >= 0.6 is 24.0 Å². The number of guanidine groups is 1. The molecule has 2 rings (SSSR count). The molecule has 6 nitrogen and oxygen atoms in total. The molecule has 152 valence electrons. The third kappa shape index (κ3) is 7.58. The van der Waals surface area contributed by atoms with Crippen molar-refractivity contribution in [2.75, 3.05) is 46.8 Å². The van der Waals surface area contributed by atoms with Gasteiger partial charge in [0.2, 0.25) is 5.91 Å². The minimum absolute atomic E-state index is 0. The van der Waals surface area contributed by atoms with Gasteiger partial charge in [0.15, 0.2) is 5.96 Å². The third-order valence-electron chi connectivity index (χ3n) is 5.51. The largest absolute Gasteiger partial charge is 0.357 e. The molecule has 0 bridgehead atoms. The highest BCUT2D eigenvalue weighted by atomic mass is 127. The second kappa shape index (κ2) is 12.8. The fourth-order valence-corrected chi connectivity index (χ4v) is 4.05. The van der Waals surface area contributed by atoms with Crippen molar-refractivity contribution >= 4 is 35.8 Å². The number of nitrogens with zero attached hydrogens (tertiary/aromatic N) is 3. The van der Waals surface area contributed by atoms with Gasteiger partial charge in [-0.05, 0) is 52.6 Å². The lowest BCUT2D eigenvalue weighted by atomic mass is 9.83. The van der Waals surface area contributed by atoms with E-state index in [0.717, 1.165) is 50.9 Å². The smallest absolute Gasteiger partial charge is 0.244 e. The Morgan fingerprint density at radius 3 is 2.35 bits per heavy atom. The van der Waals surface area contributed by atoms with Crippen LogP contribution < -0.4 is 10.6 Å². The first-order valence-electron chi connectivity index (χ1n) is 10.1. The molecule has 7 heteroatoms. The van der Waals surface area contributed by atoms with E-state index in [1.807, 2.05) is 4.90 Å². The number of hydrogen-bond donors (Lipinski definition) is 2. The van der Waals surface area contributed by atoms with Gasteiger partial charge in [-0.25, -0.2) is 4.99 Å². The SMILES string of the molecule is CCNC(=NCC(=O)N1CCCC1)NCC(C1CCCCC1)N(C)C.I. The van der Waals surface area contributed by atoms with Crippen LogP contribution in [0.4, 0.5) is 0 Å². The maximum absolute atomic E-state index is 12.2. The highest BCUT2D eigenvalue weighted by Gasteiger charge is 2.25. The normalized spacial score (nSPS) is 20.0. The highest BCUT2D eigenvalue weighted by molar-refractivity contribution is 14.0. The zero-order valence-electron chi connectivity index (χ0n) is 16.8. The Morgan fingerprint density at radius 1 is 1.12 bits per heavy atom. The molecule has 2 aliphatic rings. The van der Waals surface area contributed by atoms with Crippen LogP contribution in [0.3, 0.4) is 0 Å². The predicted molar refractivity (Wildman–Crippen MR) is 119 cm³/mol. The lowest BCUT2D eigenvalue weighted by Gasteiger charge is -2.35. The topological polar surface area (TPSA) is 60.0 Å². The standard InChI is InChI=1S/C19H37N5O.HI/c1-4-20-19(22-15-18(25)24-12-8-9-13-24)21-14-17(23(2)3)16-10-6-5-7-11-16;/h16-17H,4-15H2,1-3H3,(H2,20,21,22);1H. The van der Waals surface area contributed by atoms with Crippen molar-refractivity contribution in [2.45, 2.75) is 57.9 Å². The highest BCUT2D eigenvalue weighted by Crippen LogP contribution is 2.28. The Labute approximate surface area is 176 Å². The van der Waals surface area contributed by atoms with E-state index in [4.69, 9.17) is 0 Å². The fraction of sp³-hybridized carbons (Fsp3) is 0.895. The number of likely N-dealkylation sites (N-methyl/N-ethyl adjacent to an activating group) is 1. The molecule has 0 aromatic rings. The van der Waals surface area contributed by atoms with Crippen molar-refractivity contribution in [1.29, 1.82) is 0 Å². The number of aliphatic imine (C=N–C) groups is 1. The summed E-state index contributed by atoms with van der Waals surface area (Å²) in [5.41, 5.74) is 0. The van der Waals surface area contributed by atoms with Crippen molar-refractivity contribution in [2.24, 2.45) is 10.9 Å². The second-order valence-corrected chi connectivity index (χ2v) is 7.59. The molecule has 0 aromatic heterocycles. The first kappa shape index (κ1) is 23.5. The van der Waals surface area contributed by atoms with E-state index in [-0.39, 0.29) is 36.4 Å². The zero-order valence-corrected chi connectivity index (χ0v) is 19.1. The molecule has 1 heterocycles. The van der Waals surface area contributed by atoms with E-state index in [1.165, 1.54) is 32.1 Å². The molecule has 1 saturated carbocycles. The van der Waals surface area contributed by atoms with Crippen LogP contribution in [0.1, 0.15) is 51.9 Å². The lowest BCUT2D eigenvalue weighted by molar-refractivity contribution is -0.128. The first-order chi connectivity index (χ1) is 12.1. The fourth-order valence-electron chi connectivity index (χ4n) is 4.05. The Kier molecular flexibility index (Phi) is 11.5. The summed E-state index contributed by atoms with van der Waals surface area (Å²) < 4.78 is 0. The average Bonchev–Trinajstić information content (AvgIpc) is 3.15. The number of likely N-dealkylation sites (tertiary alicyclic amines) is 1. The Balaban J connectivity index is 0.00000338. The van der Waals surface area contributed by atoms with Crippen LogP contribution in [0.5, 0.6) is 0 Å². The van der Waals surface area contributed by atoms with Crippen LogP contribution in [0, 0.1) is 5.92 Å². The van der Waals surface area contributed by atoms with Gasteiger partial charge in [0.05, 0.1) is 0 Å². The van der Waals surface area contributed by atoms with E-state index in [1.54, 1.807) is 0 Å². The number of halogens is 1. The van der Waals surface area contributed by atoms with Gasteiger partial charge < -0.3 is 20.4 Å². The third-order valence-corrected chi connectivity index (χ3v) is 5.51. The molecule has 26 heavy (non-hydrogen) atoms. The summed E-state index contributed by atoms with van der Waals surface area (Å²) in [7, 11) is 4.34. The first-order valence-corrected chi connectivity index (χ1v) is 10.1. The summed E-state index contributed by atoms with van der Waals surface area (Å²) in [5.74, 6) is 1.66. The molecule has 1 saturated heterocycles. The molecule has 1 amide bonds. The van der Waals surface area contributed by atoms with Gasteiger partial charge >= 0.3 is 0 Å². The molecule has 1 unspecified atom stereocenters. The monoisotopic (exact) mass is 479 g/mol. The molecule has 0 radical (unpaired) electrons. The van der Waals surface area contributed by atoms with Gasteiger partial charge in [-0.15, -0.1) is 24.0 Å². The zero-order chi connectivity index (χ0) is 18.1. The molecule has 1 aliphatic carbocycles. The Morgan fingerprint density at radius 2 is 1.77 bits per heavy atom. The van der Waals surface area contributed by atoms with Crippen LogP contribution in [-0.2, 0) is 4.79 Å². The molecule has 1 aliphatic heterocycles. The molecular formula is C19H38IN5O. The summed E-state index contributed by atoms with van der Waals surface area (Å²) >= 11 is 0. The van der Waals surface area contributed by atoms with E-state index >= 15 is 0 Å². The lowest BCUT2D eigenvalue weighted by Crippen LogP contribution is -2.48. The molecule has 1 atom stereocenters. The summed E-state index contributed by atoms with van der Waals surface area (Å²) in [5, 5.41) is 6.75. The van der Waals surface area contributed by atoms with Crippen molar-refractivity contribution < 1.29 is 4.79 Å². The Bertz CT molecular complexity index is 432. The summed E-state index contributed by atoms with van der Waals surface area (Å²) in [6.07, 6.45) is 8.99. The number of nitrogens with one attached hydrogen (secondary N) is 2. The van der Waals surface area contributed by atoms with Crippen LogP contribution in [0.15, 0.2) is 4.99 Å². The van der Waals surface area contributed by atoms with E-state index < -0.39 is 0 Å². The van der Waals surface area contributed by atoms with E-state index in [0.29, 0.717) is 6.04 Å². The maximum Gasteiger partial charge on any atom is 0.244 e. The molecule has 0 aromatic carbocycles. The maximum atomic E-state index is 12.2. The van der Waals surface area contributed by atoms with Gasteiger partial charge in [-0.3, -0.25) is 4.79 Å². The van der Waals surface area contributed by atoms with Gasteiger partial charge in [0.25, 0.3) is 0 Å². The van der Waals surface area contributed by atoms with Crippen molar-refractivity contribution in [3.05, 3.63) is 0 Å². The number of carbonyl (C=O) groups excluding carboxylic acids is 1. The van der Waals surface area contributed by atoms with Gasteiger partial charge in [0, 0.05) is 32.2 Å². The molecular weight excluding hydrogens is 441 g/mol. The Hall–Kier alpha value is -0.570. The van der Waals surface area contributed by atoms with Crippen LogP contribution in [-0.4, -0.2) is 74.5 Å². The van der Waals surface area contributed by atoms with E-state index in [9.17, 15) is 4.79 Å². The number of amides is 1. The molecule has 2 fully saturated rings. The van der Waals surface area contributed by atoms with Gasteiger partial charge in [-0.1, -0.05) is 19.3 Å². The number of rotatable bonds is 7.